The molecule has 0 aliphatic rings. The molecule has 4 nitrogen and oxygen atoms in total. The highest BCUT2D eigenvalue weighted by Gasteiger charge is 2.27. The summed E-state index contributed by atoms with van der Waals surface area (Å²) in [6, 6.07) is 9.95. The van der Waals surface area contributed by atoms with Crippen LogP contribution in [0.2, 0.25) is 5.15 Å². The maximum atomic E-state index is 6.61. The number of thiazole rings is 1. The van der Waals surface area contributed by atoms with Gasteiger partial charge < -0.3 is 5.32 Å². The zero-order valence-electron chi connectivity index (χ0n) is 14.1. The van der Waals surface area contributed by atoms with Gasteiger partial charge in [-0.15, -0.1) is 11.3 Å². The van der Waals surface area contributed by atoms with Crippen LogP contribution in [0, 0.1) is 6.92 Å². The molecule has 0 amide bonds. The second-order valence-corrected chi connectivity index (χ2v) is 7.23. The first-order valence-electron chi connectivity index (χ1n) is 7.99. The van der Waals surface area contributed by atoms with Gasteiger partial charge in [-0.1, -0.05) is 36.7 Å². The van der Waals surface area contributed by atoms with E-state index in [0.29, 0.717) is 11.7 Å². The van der Waals surface area contributed by atoms with Crippen molar-refractivity contribution in [3.63, 3.8) is 0 Å². The van der Waals surface area contributed by atoms with Crippen molar-refractivity contribution < 1.29 is 0 Å². The number of para-hydroxylation sites is 1. The molecule has 1 aromatic carbocycles. The van der Waals surface area contributed by atoms with Crippen LogP contribution in [0.15, 0.2) is 41.9 Å². The monoisotopic (exact) mass is 360 g/mol. The predicted molar refractivity (Wildman–Crippen MR) is 99.9 cm³/mol. The van der Waals surface area contributed by atoms with Crippen LogP contribution in [-0.4, -0.2) is 14.8 Å². The Morgan fingerprint density at radius 3 is 2.67 bits per heavy atom. The summed E-state index contributed by atoms with van der Waals surface area (Å²) in [5, 5.41) is 12.0. The van der Waals surface area contributed by atoms with Crippen molar-refractivity contribution in [2.45, 2.75) is 39.3 Å². The van der Waals surface area contributed by atoms with Crippen LogP contribution in [0.3, 0.4) is 0 Å². The number of rotatable bonds is 6. The third-order valence-corrected chi connectivity index (χ3v) is 5.81. The zero-order chi connectivity index (χ0) is 17.2. The lowest BCUT2D eigenvalue weighted by molar-refractivity contribution is 0.349. The lowest BCUT2D eigenvalue weighted by Crippen LogP contribution is -2.38. The van der Waals surface area contributed by atoms with E-state index in [-0.39, 0.29) is 5.54 Å². The fraction of sp³-hybridized carbons (Fsp3) is 0.333. The molecule has 0 aliphatic carbocycles. The van der Waals surface area contributed by atoms with Gasteiger partial charge in [-0.2, -0.15) is 5.10 Å². The van der Waals surface area contributed by atoms with Gasteiger partial charge >= 0.3 is 0 Å². The van der Waals surface area contributed by atoms with Gasteiger partial charge in [0.15, 0.2) is 0 Å². The summed E-state index contributed by atoms with van der Waals surface area (Å²) >= 11 is 8.28. The zero-order valence-corrected chi connectivity index (χ0v) is 15.7. The summed E-state index contributed by atoms with van der Waals surface area (Å²) < 4.78 is 1.79. The van der Waals surface area contributed by atoms with Gasteiger partial charge in [-0.3, -0.25) is 0 Å². The number of nitrogens with one attached hydrogen (secondary N) is 1. The molecule has 2 aromatic heterocycles. The number of benzene rings is 1. The Kier molecular flexibility index (Phi) is 5.04. The van der Waals surface area contributed by atoms with Crippen LogP contribution in [0.5, 0.6) is 0 Å². The second kappa shape index (κ2) is 7.05. The normalized spacial score (nSPS) is 13.8. The molecule has 0 aliphatic heterocycles. The summed E-state index contributed by atoms with van der Waals surface area (Å²) in [5.41, 5.74) is 2.76. The SMILES string of the molecule is CC[C@](C)(NCc1c(C)nn(-c2ccccc2)c1Cl)c1nccs1. The maximum absolute atomic E-state index is 6.61. The summed E-state index contributed by atoms with van der Waals surface area (Å²) in [6.07, 6.45) is 2.80. The van der Waals surface area contributed by atoms with Crippen LogP contribution in [0.4, 0.5) is 0 Å². The Hall–Kier alpha value is -1.69. The molecule has 0 unspecified atom stereocenters. The van der Waals surface area contributed by atoms with Crippen molar-refractivity contribution in [2.24, 2.45) is 0 Å². The highest BCUT2D eigenvalue weighted by molar-refractivity contribution is 7.09. The minimum absolute atomic E-state index is 0.168. The number of hydrogen-bond acceptors (Lipinski definition) is 4. The van der Waals surface area contributed by atoms with Gasteiger partial charge in [0.2, 0.25) is 0 Å². The molecule has 1 atom stereocenters. The molecule has 3 rings (SSSR count). The minimum atomic E-state index is -0.168. The number of halogens is 1. The highest BCUT2D eigenvalue weighted by Crippen LogP contribution is 2.29. The van der Waals surface area contributed by atoms with E-state index in [1.807, 2.05) is 48.8 Å². The second-order valence-electron chi connectivity index (χ2n) is 5.98. The third-order valence-electron chi connectivity index (χ3n) is 4.39. The van der Waals surface area contributed by atoms with Crippen LogP contribution in [-0.2, 0) is 12.1 Å². The van der Waals surface area contributed by atoms with Crippen LogP contribution in [0.1, 0.15) is 36.5 Å². The van der Waals surface area contributed by atoms with Crippen molar-refractivity contribution in [3.05, 3.63) is 63.3 Å². The van der Waals surface area contributed by atoms with Crippen molar-refractivity contribution >= 4 is 22.9 Å². The van der Waals surface area contributed by atoms with Crippen molar-refractivity contribution in [3.8, 4) is 5.69 Å². The van der Waals surface area contributed by atoms with E-state index in [0.717, 1.165) is 28.4 Å². The average molecular weight is 361 g/mol. The largest absolute Gasteiger partial charge is 0.301 e. The molecule has 0 fully saturated rings. The highest BCUT2D eigenvalue weighted by atomic mass is 35.5. The first-order chi connectivity index (χ1) is 11.5. The maximum Gasteiger partial charge on any atom is 0.137 e. The molecule has 0 radical (unpaired) electrons. The smallest absolute Gasteiger partial charge is 0.137 e. The van der Waals surface area contributed by atoms with Gasteiger partial charge in [0.05, 0.1) is 16.9 Å². The standard InChI is InChI=1S/C18H21ClN4S/c1-4-18(3,17-20-10-11-24-17)21-12-15-13(2)22-23(16(15)19)14-8-6-5-7-9-14/h5-11,21H,4,12H2,1-3H3/t18-/m0/s1. The topological polar surface area (TPSA) is 42.7 Å². The molecule has 2 heterocycles. The van der Waals surface area contributed by atoms with Gasteiger partial charge in [-0.05, 0) is 32.4 Å². The van der Waals surface area contributed by atoms with Crippen LogP contribution >= 0.6 is 22.9 Å². The van der Waals surface area contributed by atoms with E-state index < -0.39 is 0 Å². The number of aryl methyl sites for hydroxylation is 1. The molecule has 0 spiro atoms. The first-order valence-corrected chi connectivity index (χ1v) is 9.25. The third kappa shape index (κ3) is 3.24. The molecule has 24 heavy (non-hydrogen) atoms. The Labute approximate surface area is 151 Å². The fourth-order valence-electron chi connectivity index (χ4n) is 2.60. The summed E-state index contributed by atoms with van der Waals surface area (Å²) in [7, 11) is 0. The van der Waals surface area contributed by atoms with Crippen molar-refractivity contribution in [1.29, 1.82) is 0 Å². The van der Waals surface area contributed by atoms with Gasteiger partial charge in [0.25, 0.3) is 0 Å². The molecule has 0 saturated carbocycles. The summed E-state index contributed by atoms with van der Waals surface area (Å²) in [5.74, 6) is 0. The van der Waals surface area contributed by atoms with Crippen molar-refractivity contribution in [1.82, 2.24) is 20.1 Å². The van der Waals surface area contributed by atoms with Gasteiger partial charge in [0, 0.05) is 23.7 Å². The average Bonchev–Trinajstić information content (AvgIpc) is 3.23. The van der Waals surface area contributed by atoms with Crippen molar-refractivity contribution in [2.75, 3.05) is 0 Å². The molecule has 3 aromatic rings. The van der Waals surface area contributed by atoms with E-state index in [1.54, 1.807) is 16.0 Å². The number of nitrogens with zero attached hydrogens (tertiary/aromatic N) is 3. The molecule has 0 saturated heterocycles. The van der Waals surface area contributed by atoms with E-state index >= 15 is 0 Å². The first kappa shape index (κ1) is 17.1. The lowest BCUT2D eigenvalue weighted by Gasteiger charge is -2.27. The van der Waals surface area contributed by atoms with E-state index in [4.69, 9.17) is 11.6 Å². The van der Waals surface area contributed by atoms with Gasteiger partial charge in [-0.25, -0.2) is 9.67 Å². The minimum Gasteiger partial charge on any atom is -0.301 e. The Morgan fingerprint density at radius 2 is 2.04 bits per heavy atom. The van der Waals surface area contributed by atoms with Crippen LogP contribution in [0.25, 0.3) is 5.69 Å². The van der Waals surface area contributed by atoms with Gasteiger partial charge in [0.1, 0.15) is 10.2 Å². The Balaban J connectivity index is 1.85. The van der Waals surface area contributed by atoms with E-state index in [2.05, 4.69) is 29.2 Å². The molecule has 126 valence electrons. The molecule has 1 N–H and O–H groups in total. The number of aromatic nitrogens is 3. The molecule has 0 bridgehead atoms. The molecular formula is C18H21ClN4S. The Morgan fingerprint density at radius 1 is 1.29 bits per heavy atom. The van der Waals surface area contributed by atoms with E-state index in [1.165, 1.54) is 0 Å². The van der Waals surface area contributed by atoms with Crippen LogP contribution < -0.4 is 5.32 Å². The number of hydrogen-bond donors (Lipinski definition) is 1. The molecule has 6 heteroatoms. The fourth-order valence-corrected chi connectivity index (χ4v) is 3.79. The summed E-state index contributed by atoms with van der Waals surface area (Å²) in [6.45, 7) is 6.99. The quantitative estimate of drug-likeness (QED) is 0.692. The summed E-state index contributed by atoms with van der Waals surface area (Å²) in [4.78, 5) is 4.47. The predicted octanol–water partition coefficient (Wildman–Crippen LogP) is 4.71. The Bertz CT molecular complexity index is 798. The lowest BCUT2D eigenvalue weighted by atomic mass is 9.99. The van der Waals surface area contributed by atoms with E-state index in [9.17, 15) is 0 Å². The molecular weight excluding hydrogens is 340 g/mol.